The molecule has 4 heteroatoms. The molecule has 0 spiro atoms. The molecule has 21 heavy (non-hydrogen) atoms. The van der Waals surface area contributed by atoms with Crippen LogP contribution >= 0.6 is 11.6 Å². The second kappa shape index (κ2) is 4.70. The van der Waals surface area contributed by atoms with Crippen LogP contribution in [0.1, 0.15) is 48.9 Å². The Morgan fingerprint density at radius 2 is 1.71 bits per heavy atom. The maximum Gasteiger partial charge on any atom is 0.254 e. The third kappa shape index (κ3) is 2.36. The SMILES string of the molecule is O=C(NC12CC3CC(CC(C3)C1)C2)c1ccc(Cl)cc1F. The monoisotopic (exact) mass is 307 g/mol. The van der Waals surface area contributed by atoms with E-state index in [0.717, 1.165) is 37.0 Å². The van der Waals surface area contributed by atoms with Gasteiger partial charge in [-0.05, 0) is 74.5 Å². The largest absolute Gasteiger partial charge is 0.346 e. The van der Waals surface area contributed by atoms with E-state index >= 15 is 0 Å². The van der Waals surface area contributed by atoms with Crippen molar-refractivity contribution >= 4 is 17.5 Å². The van der Waals surface area contributed by atoms with E-state index in [1.165, 1.54) is 31.4 Å². The molecule has 0 radical (unpaired) electrons. The van der Waals surface area contributed by atoms with Gasteiger partial charge in [-0.1, -0.05) is 11.6 Å². The quantitative estimate of drug-likeness (QED) is 0.872. The number of carbonyl (C=O) groups excluding carboxylic acids is 1. The minimum absolute atomic E-state index is 0.0854. The average molecular weight is 308 g/mol. The number of nitrogens with one attached hydrogen (secondary N) is 1. The Kier molecular flexibility index (Phi) is 3.04. The van der Waals surface area contributed by atoms with Crippen molar-refractivity contribution in [3.63, 3.8) is 0 Å². The van der Waals surface area contributed by atoms with Gasteiger partial charge in [-0.15, -0.1) is 0 Å². The Bertz CT molecular complexity index is 565. The summed E-state index contributed by atoms with van der Waals surface area (Å²) in [5.41, 5.74) is 0.0212. The number of rotatable bonds is 2. The van der Waals surface area contributed by atoms with E-state index in [4.69, 9.17) is 11.6 Å². The van der Waals surface area contributed by atoms with Crippen LogP contribution < -0.4 is 5.32 Å². The molecule has 0 unspecified atom stereocenters. The number of benzene rings is 1. The minimum Gasteiger partial charge on any atom is -0.346 e. The Morgan fingerprint density at radius 1 is 1.14 bits per heavy atom. The molecule has 0 aliphatic heterocycles. The fourth-order valence-electron chi connectivity index (χ4n) is 5.25. The predicted octanol–water partition coefficient (Wildman–Crippen LogP) is 4.18. The Morgan fingerprint density at radius 3 is 2.24 bits per heavy atom. The summed E-state index contributed by atoms with van der Waals surface area (Å²) >= 11 is 5.75. The van der Waals surface area contributed by atoms with Gasteiger partial charge in [-0.3, -0.25) is 4.79 Å². The van der Waals surface area contributed by atoms with Gasteiger partial charge in [-0.25, -0.2) is 4.39 Å². The van der Waals surface area contributed by atoms with Crippen molar-refractivity contribution in [2.24, 2.45) is 17.8 Å². The highest BCUT2D eigenvalue weighted by Crippen LogP contribution is 2.55. The van der Waals surface area contributed by atoms with Crippen LogP contribution in [0, 0.1) is 23.6 Å². The lowest BCUT2D eigenvalue weighted by Crippen LogP contribution is -2.59. The van der Waals surface area contributed by atoms with Crippen LogP contribution in [0.4, 0.5) is 4.39 Å². The molecule has 4 aliphatic carbocycles. The summed E-state index contributed by atoms with van der Waals surface area (Å²) in [5, 5.41) is 3.50. The molecule has 0 atom stereocenters. The van der Waals surface area contributed by atoms with Crippen LogP contribution in [-0.4, -0.2) is 11.4 Å². The molecule has 1 N–H and O–H groups in total. The Labute approximate surface area is 129 Å². The van der Waals surface area contributed by atoms with Crippen LogP contribution in [0.25, 0.3) is 0 Å². The van der Waals surface area contributed by atoms with Crippen molar-refractivity contribution in [2.45, 2.75) is 44.1 Å². The number of hydrogen-bond donors (Lipinski definition) is 1. The zero-order valence-electron chi connectivity index (χ0n) is 11.9. The second-order valence-electron chi connectivity index (χ2n) is 7.28. The van der Waals surface area contributed by atoms with E-state index in [2.05, 4.69) is 5.32 Å². The summed E-state index contributed by atoms with van der Waals surface area (Å²) in [4.78, 5) is 12.5. The predicted molar refractivity (Wildman–Crippen MR) is 79.8 cm³/mol. The van der Waals surface area contributed by atoms with Gasteiger partial charge in [0.25, 0.3) is 5.91 Å². The molecule has 4 aliphatic rings. The molecule has 1 aromatic rings. The normalized spacial score (nSPS) is 36.8. The Hall–Kier alpha value is -1.09. The second-order valence-corrected chi connectivity index (χ2v) is 7.71. The summed E-state index contributed by atoms with van der Waals surface area (Å²) in [5.74, 6) is 1.45. The number of halogens is 2. The summed E-state index contributed by atoms with van der Waals surface area (Å²) in [6.07, 6.45) is 7.18. The molecule has 4 fully saturated rings. The zero-order valence-corrected chi connectivity index (χ0v) is 12.6. The lowest BCUT2D eigenvalue weighted by Gasteiger charge is -2.56. The van der Waals surface area contributed by atoms with E-state index in [1.54, 1.807) is 6.07 Å². The zero-order chi connectivity index (χ0) is 14.6. The molecule has 4 bridgehead atoms. The molecular weight excluding hydrogens is 289 g/mol. The smallest absolute Gasteiger partial charge is 0.254 e. The number of amides is 1. The molecule has 4 saturated carbocycles. The van der Waals surface area contributed by atoms with Crippen molar-refractivity contribution in [3.8, 4) is 0 Å². The first-order valence-corrected chi connectivity index (χ1v) is 8.18. The van der Waals surface area contributed by atoms with Gasteiger partial charge >= 0.3 is 0 Å². The van der Waals surface area contributed by atoms with Crippen molar-refractivity contribution in [1.82, 2.24) is 5.32 Å². The van der Waals surface area contributed by atoms with Crippen molar-refractivity contribution in [3.05, 3.63) is 34.6 Å². The van der Waals surface area contributed by atoms with Gasteiger partial charge in [0.1, 0.15) is 5.82 Å². The molecule has 2 nitrogen and oxygen atoms in total. The summed E-state index contributed by atoms with van der Waals surface area (Å²) in [6.45, 7) is 0. The van der Waals surface area contributed by atoms with Crippen LogP contribution in [-0.2, 0) is 0 Å². The van der Waals surface area contributed by atoms with E-state index in [9.17, 15) is 9.18 Å². The molecule has 1 aromatic carbocycles. The van der Waals surface area contributed by atoms with Gasteiger partial charge in [0, 0.05) is 10.6 Å². The molecule has 1 amide bonds. The third-order valence-corrected chi connectivity index (χ3v) is 5.83. The van der Waals surface area contributed by atoms with Crippen LogP contribution in [0.5, 0.6) is 0 Å². The van der Waals surface area contributed by atoms with Gasteiger partial charge in [0.05, 0.1) is 5.56 Å². The van der Waals surface area contributed by atoms with E-state index in [0.29, 0.717) is 5.02 Å². The first kappa shape index (κ1) is 13.6. The highest BCUT2D eigenvalue weighted by atomic mass is 35.5. The van der Waals surface area contributed by atoms with Crippen molar-refractivity contribution in [2.75, 3.05) is 0 Å². The van der Waals surface area contributed by atoms with Gasteiger partial charge in [0.2, 0.25) is 0 Å². The van der Waals surface area contributed by atoms with Crippen LogP contribution in [0.15, 0.2) is 18.2 Å². The minimum atomic E-state index is -0.537. The Balaban J connectivity index is 1.57. The third-order valence-electron chi connectivity index (χ3n) is 5.59. The van der Waals surface area contributed by atoms with Crippen molar-refractivity contribution < 1.29 is 9.18 Å². The maximum atomic E-state index is 13.9. The molecule has 112 valence electrons. The fourth-order valence-corrected chi connectivity index (χ4v) is 5.40. The summed E-state index contributed by atoms with van der Waals surface area (Å²) in [6, 6.07) is 4.25. The molecule has 0 aromatic heterocycles. The lowest BCUT2D eigenvalue weighted by atomic mass is 9.53. The summed E-state index contributed by atoms with van der Waals surface area (Å²) in [7, 11) is 0. The van der Waals surface area contributed by atoms with E-state index < -0.39 is 5.82 Å². The van der Waals surface area contributed by atoms with E-state index in [-0.39, 0.29) is 17.0 Å². The maximum absolute atomic E-state index is 13.9. The van der Waals surface area contributed by atoms with Crippen LogP contribution in [0.3, 0.4) is 0 Å². The van der Waals surface area contributed by atoms with Crippen molar-refractivity contribution in [1.29, 1.82) is 0 Å². The fraction of sp³-hybridized carbons (Fsp3) is 0.588. The topological polar surface area (TPSA) is 29.1 Å². The first-order valence-electron chi connectivity index (χ1n) is 7.81. The molecule has 0 heterocycles. The molecular formula is C17H19ClFNO. The van der Waals surface area contributed by atoms with Gasteiger partial charge in [-0.2, -0.15) is 0 Å². The number of carbonyl (C=O) groups is 1. The van der Waals surface area contributed by atoms with Crippen LogP contribution in [0.2, 0.25) is 5.02 Å². The average Bonchev–Trinajstić information content (AvgIpc) is 2.35. The van der Waals surface area contributed by atoms with E-state index in [1.807, 2.05) is 0 Å². The molecule has 5 rings (SSSR count). The highest BCUT2D eigenvalue weighted by molar-refractivity contribution is 6.30. The summed E-state index contributed by atoms with van der Waals surface area (Å²) < 4.78 is 13.9. The van der Waals surface area contributed by atoms with Gasteiger partial charge < -0.3 is 5.32 Å². The first-order chi connectivity index (χ1) is 10.0. The lowest BCUT2D eigenvalue weighted by molar-refractivity contribution is -0.0167. The highest BCUT2D eigenvalue weighted by Gasteiger charge is 2.51. The molecule has 0 saturated heterocycles. The standard InChI is InChI=1S/C17H19ClFNO/c18-13-1-2-14(15(19)6-13)16(21)20-17-7-10-3-11(8-17)5-12(4-10)9-17/h1-2,6,10-12H,3-5,7-9H2,(H,20,21). The number of hydrogen-bond acceptors (Lipinski definition) is 1. The van der Waals surface area contributed by atoms with Gasteiger partial charge in [0.15, 0.2) is 0 Å².